The van der Waals surface area contributed by atoms with Crippen molar-refractivity contribution in [2.24, 2.45) is 5.16 Å². The topological polar surface area (TPSA) is 78.4 Å². The first-order valence-corrected chi connectivity index (χ1v) is 6.57. The number of nitrogens with one attached hydrogen (secondary N) is 1. The molecule has 0 bridgehead atoms. The quantitative estimate of drug-likeness (QED) is 0.260. The molecule has 0 amide bonds. The van der Waals surface area contributed by atoms with Gasteiger partial charge in [-0.15, -0.1) is 0 Å². The van der Waals surface area contributed by atoms with Crippen molar-refractivity contribution < 1.29 is 31.8 Å². The van der Waals surface area contributed by atoms with E-state index in [1.165, 1.54) is 17.0 Å². The molecule has 2 rings (SSSR count). The van der Waals surface area contributed by atoms with E-state index in [0.29, 0.717) is 6.61 Å². The van der Waals surface area contributed by atoms with E-state index in [4.69, 9.17) is 9.57 Å². The molecule has 1 aliphatic rings. The standard InChI is InChI=1S/C13H17N3O4.ClH/c17-16(18)13-3-1-12(2-4-13)11-14-20-10-7-15-5-8-19-9-6-15;/h1-4,11H,5-10H2;1H/b14-11+;. The van der Waals surface area contributed by atoms with Gasteiger partial charge in [-0.3, -0.25) is 10.1 Å². The van der Waals surface area contributed by atoms with Gasteiger partial charge < -0.3 is 26.9 Å². The second-order valence-electron chi connectivity index (χ2n) is 4.53. The summed E-state index contributed by atoms with van der Waals surface area (Å²) < 4.78 is 5.27. The number of hydrogen-bond acceptors (Lipinski definition) is 5. The van der Waals surface area contributed by atoms with E-state index < -0.39 is 4.92 Å². The lowest BCUT2D eigenvalue weighted by Gasteiger charge is -2.22. The molecule has 1 aliphatic heterocycles. The number of nitro benzene ring substituents is 1. The minimum Gasteiger partial charge on any atom is -1.00 e. The van der Waals surface area contributed by atoms with Gasteiger partial charge in [-0.25, -0.2) is 0 Å². The molecular formula is C13H18ClN3O4. The van der Waals surface area contributed by atoms with Crippen LogP contribution in [0.15, 0.2) is 29.4 Å². The maximum Gasteiger partial charge on any atom is 0.269 e. The molecule has 0 aliphatic carbocycles. The van der Waals surface area contributed by atoms with E-state index in [9.17, 15) is 10.1 Å². The van der Waals surface area contributed by atoms with Gasteiger partial charge in [-0.05, 0) is 17.7 Å². The van der Waals surface area contributed by atoms with Crippen molar-refractivity contribution in [2.75, 3.05) is 39.5 Å². The summed E-state index contributed by atoms with van der Waals surface area (Å²) in [6.45, 7) is 5.09. The Hall–Kier alpha value is -1.70. The summed E-state index contributed by atoms with van der Waals surface area (Å²) in [5, 5.41) is 14.4. The van der Waals surface area contributed by atoms with Crippen LogP contribution >= 0.6 is 0 Å². The Morgan fingerprint density at radius 2 is 2.00 bits per heavy atom. The average Bonchev–Trinajstić information content (AvgIpc) is 2.48. The smallest absolute Gasteiger partial charge is 0.269 e. The zero-order chi connectivity index (χ0) is 14.2. The fourth-order valence-electron chi connectivity index (χ4n) is 1.93. The highest BCUT2D eigenvalue weighted by Crippen LogP contribution is 2.10. The van der Waals surface area contributed by atoms with Crippen LogP contribution in [0.2, 0.25) is 0 Å². The molecule has 0 spiro atoms. The zero-order valence-electron chi connectivity index (χ0n) is 11.5. The maximum absolute atomic E-state index is 10.5. The number of nitrogens with zero attached hydrogens (tertiary/aromatic N) is 2. The number of nitro groups is 1. The van der Waals surface area contributed by atoms with Gasteiger partial charge in [-0.1, -0.05) is 5.16 Å². The molecule has 1 N–H and O–H groups in total. The summed E-state index contributed by atoms with van der Waals surface area (Å²) in [7, 11) is 0. The van der Waals surface area contributed by atoms with Crippen molar-refractivity contribution in [2.45, 2.75) is 0 Å². The molecule has 1 aromatic carbocycles. The maximum atomic E-state index is 10.5. The van der Waals surface area contributed by atoms with Crippen LogP contribution in [0.5, 0.6) is 0 Å². The van der Waals surface area contributed by atoms with E-state index in [2.05, 4.69) is 5.16 Å². The molecule has 0 atom stereocenters. The number of ether oxygens (including phenoxy) is 1. The summed E-state index contributed by atoms with van der Waals surface area (Å²) in [5.74, 6) is 0. The highest BCUT2D eigenvalue weighted by Gasteiger charge is 2.12. The SMILES string of the molecule is O=[N+]([O-])c1ccc(/C=N/OCC[NH+]2CCOCC2)cc1.[Cl-]. The molecule has 1 fully saturated rings. The highest BCUT2D eigenvalue weighted by molar-refractivity contribution is 5.79. The van der Waals surface area contributed by atoms with Crippen molar-refractivity contribution in [1.29, 1.82) is 0 Å². The number of hydrogen-bond donors (Lipinski definition) is 1. The van der Waals surface area contributed by atoms with Crippen molar-refractivity contribution in [3.8, 4) is 0 Å². The minimum atomic E-state index is -0.428. The Kier molecular flexibility index (Phi) is 7.66. The lowest BCUT2D eigenvalue weighted by molar-refractivity contribution is -0.908. The number of non-ortho nitro benzene ring substituents is 1. The lowest BCUT2D eigenvalue weighted by atomic mass is 10.2. The van der Waals surface area contributed by atoms with Crippen LogP contribution in [0.25, 0.3) is 0 Å². The van der Waals surface area contributed by atoms with Crippen LogP contribution in [0.3, 0.4) is 0 Å². The lowest BCUT2D eigenvalue weighted by Crippen LogP contribution is -3.14. The van der Waals surface area contributed by atoms with Crippen molar-refractivity contribution >= 4 is 11.9 Å². The van der Waals surface area contributed by atoms with Crippen molar-refractivity contribution in [1.82, 2.24) is 0 Å². The summed E-state index contributed by atoms with van der Waals surface area (Å²) in [5.41, 5.74) is 0.841. The molecule has 116 valence electrons. The molecule has 1 saturated heterocycles. The predicted octanol–water partition coefficient (Wildman–Crippen LogP) is -3.14. The Morgan fingerprint density at radius 3 is 2.62 bits per heavy atom. The molecular weight excluding hydrogens is 298 g/mol. The molecule has 0 saturated carbocycles. The number of quaternary nitrogens is 1. The Balaban J connectivity index is 0.00000220. The van der Waals surface area contributed by atoms with Crippen molar-refractivity contribution in [3.05, 3.63) is 39.9 Å². The molecule has 0 unspecified atom stereocenters. The van der Waals surface area contributed by atoms with Gasteiger partial charge in [0.1, 0.15) is 19.6 Å². The van der Waals surface area contributed by atoms with E-state index in [1.807, 2.05) is 0 Å². The Bertz CT molecular complexity index is 461. The van der Waals surface area contributed by atoms with E-state index in [0.717, 1.165) is 38.4 Å². The fourth-order valence-corrected chi connectivity index (χ4v) is 1.93. The van der Waals surface area contributed by atoms with E-state index >= 15 is 0 Å². The fraction of sp³-hybridized carbons (Fsp3) is 0.462. The van der Waals surface area contributed by atoms with Gasteiger partial charge in [0.2, 0.25) is 0 Å². The molecule has 8 heteroatoms. The van der Waals surface area contributed by atoms with Crippen LogP contribution < -0.4 is 17.3 Å². The second-order valence-corrected chi connectivity index (χ2v) is 4.53. The molecule has 1 aromatic rings. The second kappa shape index (κ2) is 9.28. The molecule has 0 aromatic heterocycles. The van der Waals surface area contributed by atoms with Crippen LogP contribution in [-0.2, 0) is 9.57 Å². The molecule has 0 radical (unpaired) electrons. The molecule has 7 nitrogen and oxygen atoms in total. The first-order valence-electron chi connectivity index (χ1n) is 6.57. The average molecular weight is 316 g/mol. The first-order chi connectivity index (χ1) is 9.75. The number of halogens is 1. The Labute approximate surface area is 129 Å². The van der Waals surface area contributed by atoms with Crippen LogP contribution in [0.4, 0.5) is 5.69 Å². The predicted molar refractivity (Wildman–Crippen MR) is 73.0 cm³/mol. The van der Waals surface area contributed by atoms with Gasteiger partial charge in [0.05, 0.1) is 24.4 Å². The highest BCUT2D eigenvalue weighted by atomic mass is 35.5. The van der Waals surface area contributed by atoms with Crippen molar-refractivity contribution in [3.63, 3.8) is 0 Å². The largest absolute Gasteiger partial charge is 1.00 e. The summed E-state index contributed by atoms with van der Waals surface area (Å²) in [6, 6.07) is 6.16. The third-order valence-corrected chi connectivity index (χ3v) is 3.13. The van der Waals surface area contributed by atoms with Crippen LogP contribution in [-0.4, -0.2) is 50.6 Å². The van der Waals surface area contributed by atoms with Gasteiger partial charge in [-0.2, -0.15) is 0 Å². The molecule has 21 heavy (non-hydrogen) atoms. The van der Waals surface area contributed by atoms with Crippen LogP contribution in [0, 0.1) is 10.1 Å². The summed E-state index contributed by atoms with van der Waals surface area (Å²) in [4.78, 5) is 16.7. The third kappa shape index (κ3) is 6.07. The number of oxime groups is 1. The zero-order valence-corrected chi connectivity index (χ0v) is 12.3. The third-order valence-electron chi connectivity index (χ3n) is 3.13. The van der Waals surface area contributed by atoms with Gasteiger partial charge >= 0.3 is 0 Å². The summed E-state index contributed by atoms with van der Waals surface area (Å²) >= 11 is 0. The molecule has 1 heterocycles. The van der Waals surface area contributed by atoms with Crippen LogP contribution in [0.1, 0.15) is 5.56 Å². The number of rotatable bonds is 6. The van der Waals surface area contributed by atoms with Gasteiger partial charge in [0.25, 0.3) is 5.69 Å². The van der Waals surface area contributed by atoms with E-state index in [1.54, 1.807) is 18.3 Å². The Morgan fingerprint density at radius 1 is 1.33 bits per heavy atom. The normalized spacial score (nSPS) is 15.6. The van der Waals surface area contributed by atoms with Gasteiger partial charge in [0, 0.05) is 12.1 Å². The monoisotopic (exact) mass is 315 g/mol. The van der Waals surface area contributed by atoms with E-state index in [-0.39, 0.29) is 18.1 Å². The number of benzene rings is 1. The van der Waals surface area contributed by atoms with Gasteiger partial charge in [0.15, 0.2) is 6.61 Å². The summed E-state index contributed by atoms with van der Waals surface area (Å²) in [6.07, 6.45) is 1.55. The number of morpholine rings is 1. The first kappa shape index (κ1) is 17.4. The minimum absolute atomic E-state index is 0.